The summed E-state index contributed by atoms with van der Waals surface area (Å²) in [7, 11) is 0. The molecule has 0 radical (unpaired) electrons. The van der Waals surface area contributed by atoms with Crippen LogP contribution in [-0.2, 0) is 9.47 Å². The number of pyridine rings is 1. The van der Waals surface area contributed by atoms with Crippen LogP contribution in [0.2, 0.25) is 0 Å². The minimum Gasteiger partial charge on any atom is -0.454 e. The number of hydrogen-bond acceptors (Lipinski definition) is 5. The second-order valence-electron chi connectivity index (χ2n) is 5.60. The Kier molecular flexibility index (Phi) is 5.05. The van der Waals surface area contributed by atoms with Crippen LogP contribution in [0.25, 0.3) is 0 Å². The fraction of sp³-hybridized carbons (Fsp3) is 0.333. The molecule has 5 nitrogen and oxygen atoms in total. The molecule has 0 unspecified atom stereocenters. The number of halogens is 1. The van der Waals surface area contributed by atoms with Gasteiger partial charge in [-0.25, -0.2) is 14.2 Å². The zero-order valence-electron chi connectivity index (χ0n) is 13.4. The van der Waals surface area contributed by atoms with Crippen molar-refractivity contribution >= 4 is 11.8 Å². The summed E-state index contributed by atoms with van der Waals surface area (Å²) in [6.07, 6.45) is 1.06. The van der Waals surface area contributed by atoms with Crippen LogP contribution in [-0.4, -0.2) is 37.3 Å². The number of benzene rings is 1. The predicted octanol–water partition coefficient (Wildman–Crippen LogP) is 2.98. The highest BCUT2D eigenvalue weighted by molar-refractivity contribution is 5.89. The molecule has 24 heavy (non-hydrogen) atoms. The first-order valence-electron chi connectivity index (χ1n) is 7.88. The number of aromatic nitrogens is 1. The SMILES string of the molecule is C[C@H](OC(=O)c1ccc(N2CCOCC2)nc1)c1ccc(F)cc1. The molecule has 2 aromatic rings. The van der Waals surface area contributed by atoms with Crippen molar-refractivity contribution in [3.05, 3.63) is 59.5 Å². The standard InChI is InChI=1S/C18H19FN2O3/c1-13(14-2-5-16(19)6-3-14)24-18(22)15-4-7-17(20-12-15)21-8-10-23-11-9-21/h2-7,12-13H,8-11H2,1H3/t13-/m0/s1. The van der Waals surface area contributed by atoms with Crippen LogP contribution in [0.1, 0.15) is 28.9 Å². The van der Waals surface area contributed by atoms with Gasteiger partial charge in [0.05, 0.1) is 18.8 Å². The number of morpholine rings is 1. The first kappa shape index (κ1) is 16.4. The van der Waals surface area contributed by atoms with Crippen molar-refractivity contribution in [2.75, 3.05) is 31.2 Å². The van der Waals surface area contributed by atoms with Gasteiger partial charge in [-0.3, -0.25) is 0 Å². The van der Waals surface area contributed by atoms with Gasteiger partial charge in [-0.1, -0.05) is 12.1 Å². The van der Waals surface area contributed by atoms with E-state index in [1.807, 2.05) is 6.07 Å². The van der Waals surface area contributed by atoms with Gasteiger partial charge in [0.25, 0.3) is 0 Å². The van der Waals surface area contributed by atoms with Crippen molar-refractivity contribution in [1.29, 1.82) is 0 Å². The Labute approximate surface area is 140 Å². The summed E-state index contributed by atoms with van der Waals surface area (Å²) < 4.78 is 23.7. The summed E-state index contributed by atoms with van der Waals surface area (Å²) in [5.41, 5.74) is 1.13. The zero-order chi connectivity index (χ0) is 16.9. The Bertz CT molecular complexity index is 682. The molecular weight excluding hydrogens is 311 g/mol. The summed E-state index contributed by atoms with van der Waals surface area (Å²) in [4.78, 5) is 18.7. The fourth-order valence-electron chi connectivity index (χ4n) is 2.52. The first-order valence-corrected chi connectivity index (χ1v) is 7.88. The molecular formula is C18H19FN2O3. The molecule has 1 aromatic carbocycles. The van der Waals surface area contributed by atoms with E-state index < -0.39 is 12.1 Å². The number of esters is 1. The van der Waals surface area contributed by atoms with E-state index in [9.17, 15) is 9.18 Å². The highest BCUT2D eigenvalue weighted by Crippen LogP contribution is 2.20. The molecule has 6 heteroatoms. The number of carbonyl (C=O) groups excluding carboxylic acids is 1. The van der Waals surface area contributed by atoms with E-state index in [0.29, 0.717) is 18.8 Å². The topological polar surface area (TPSA) is 51.7 Å². The third-order valence-corrected chi connectivity index (χ3v) is 3.94. The van der Waals surface area contributed by atoms with Crippen LogP contribution in [0.5, 0.6) is 0 Å². The predicted molar refractivity (Wildman–Crippen MR) is 87.5 cm³/mol. The smallest absolute Gasteiger partial charge is 0.340 e. The van der Waals surface area contributed by atoms with Gasteiger partial charge in [0.15, 0.2) is 0 Å². The third kappa shape index (κ3) is 3.89. The first-order chi connectivity index (χ1) is 11.6. The van der Waals surface area contributed by atoms with Gasteiger partial charge >= 0.3 is 5.97 Å². The van der Waals surface area contributed by atoms with Crippen molar-refractivity contribution in [3.8, 4) is 0 Å². The van der Waals surface area contributed by atoms with E-state index in [1.54, 1.807) is 25.1 Å². The average Bonchev–Trinajstić information content (AvgIpc) is 2.63. The minimum atomic E-state index is -0.461. The van der Waals surface area contributed by atoms with Crippen LogP contribution in [0.15, 0.2) is 42.6 Å². The molecule has 0 amide bonds. The fourth-order valence-corrected chi connectivity index (χ4v) is 2.52. The van der Waals surface area contributed by atoms with E-state index in [1.165, 1.54) is 18.3 Å². The van der Waals surface area contributed by atoms with E-state index in [2.05, 4.69) is 9.88 Å². The molecule has 1 saturated heterocycles. The van der Waals surface area contributed by atoms with Crippen molar-refractivity contribution in [2.24, 2.45) is 0 Å². The molecule has 0 aliphatic carbocycles. The maximum Gasteiger partial charge on any atom is 0.340 e. The lowest BCUT2D eigenvalue weighted by molar-refractivity contribution is 0.0337. The minimum absolute atomic E-state index is 0.319. The number of ether oxygens (including phenoxy) is 2. The molecule has 1 atom stereocenters. The van der Waals surface area contributed by atoms with Crippen molar-refractivity contribution in [3.63, 3.8) is 0 Å². The van der Waals surface area contributed by atoms with Gasteiger partial charge in [0.2, 0.25) is 0 Å². The largest absolute Gasteiger partial charge is 0.454 e. The van der Waals surface area contributed by atoms with Crippen LogP contribution >= 0.6 is 0 Å². The van der Waals surface area contributed by atoms with E-state index in [0.717, 1.165) is 24.5 Å². The lowest BCUT2D eigenvalue weighted by Gasteiger charge is -2.27. The summed E-state index contributed by atoms with van der Waals surface area (Å²) >= 11 is 0. The molecule has 1 aromatic heterocycles. The van der Waals surface area contributed by atoms with Gasteiger partial charge in [-0.2, -0.15) is 0 Å². The van der Waals surface area contributed by atoms with Crippen LogP contribution in [0.3, 0.4) is 0 Å². The lowest BCUT2D eigenvalue weighted by atomic mass is 10.1. The molecule has 0 saturated carbocycles. The van der Waals surface area contributed by atoms with E-state index >= 15 is 0 Å². The molecule has 3 rings (SSSR count). The molecule has 0 N–H and O–H groups in total. The maximum absolute atomic E-state index is 12.9. The van der Waals surface area contributed by atoms with Crippen molar-refractivity contribution in [2.45, 2.75) is 13.0 Å². The second kappa shape index (κ2) is 7.40. The van der Waals surface area contributed by atoms with Crippen molar-refractivity contribution < 1.29 is 18.7 Å². The summed E-state index contributed by atoms with van der Waals surface area (Å²) in [5, 5.41) is 0. The van der Waals surface area contributed by atoms with Crippen LogP contribution < -0.4 is 4.90 Å². The highest BCUT2D eigenvalue weighted by Gasteiger charge is 2.16. The zero-order valence-corrected chi connectivity index (χ0v) is 13.4. The van der Waals surface area contributed by atoms with E-state index in [4.69, 9.17) is 9.47 Å². The monoisotopic (exact) mass is 330 g/mol. The average molecular weight is 330 g/mol. The Morgan fingerprint density at radius 3 is 2.54 bits per heavy atom. The maximum atomic E-state index is 12.9. The molecule has 0 bridgehead atoms. The number of nitrogens with zero attached hydrogens (tertiary/aromatic N) is 2. The summed E-state index contributed by atoms with van der Waals surface area (Å²) in [6, 6.07) is 9.42. The Morgan fingerprint density at radius 2 is 1.92 bits per heavy atom. The third-order valence-electron chi connectivity index (χ3n) is 3.94. The van der Waals surface area contributed by atoms with Gasteiger partial charge in [-0.15, -0.1) is 0 Å². The molecule has 1 aliphatic rings. The quantitative estimate of drug-likeness (QED) is 0.807. The van der Waals surface area contributed by atoms with Gasteiger partial charge in [0.1, 0.15) is 17.7 Å². The summed E-state index contributed by atoms with van der Waals surface area (Å²) in [6.45, 7) is 4.69. The molecule has 1 aliphatic heterocycles. The highest BCUT2D eigenvalue weighted by atomic mass is 19.1. The van der Waals surface area contributed by atoms with Gasteiger partial charge in [-0.05, 0) is 36.8 Å². The summed E-state index contributed by atoms with van der Waals surface area (Å²) in [5.74, 6) is 0.0504. The van der Waals surface area contributed by atoms with Gasteiger partial charge in [0, 0.05) is 19.3 Å². The number of carbonyl (C=O) groups is 1. The Hall–Kier alpha value is -2.47. The van der Waals surface area contributed by atoms with Crippen molar-refractivity contribution in [1.82, 2.24) is 4.98 Å². The Balaban J connectivity index is 1.63. The number of hydrogen-bond donors (Lipinski definition) is 0. The van der Waals surface area contributed by atoms with Crippen LogP contribution in [0, 0.1) is 5.82 Å². The second-order valence-corrected chi connectivity index (χ2v) is 5.60. The van der Waals surface area contributed by atoms with E-state index in [-0.39, 0.29) is 5.82 Å². The molecule has 2 heterocycles. The Morgan fingerprint density at radius 1 is 1.21 bits per heavy atom. The van der Waals surface area contributed by atoms with Crippen LogP contribution in [0.4, 0.5) is 10.2 Å². The lowest BCUT2D eigenvalue weighted by Crippen LogP contribution is -2.36. The number of anilines is 1. The molecule has 126 valence electrons. The van der Waals surface area contributed by atoms with Gasteiger partial charge < -0.3 is 14.4 Å². The molecule has 0 spiro atoms. The normalized spacial score (nSPS) is 15.8. The molecule has 1 fully saturated rings. The number of rotatable bonds is 4.